The van der Waals surface area contributed by atoms with Gasteiger partial charge in [0.25, 0.3) is 11.8 Å². The Bertz CT molecular complexity index is 3640. The van der Waals surface area contributed by atoms with Crippen molar-refractivity contribution in [1.82, 2.24) is 76.3 Å². The summed E-state index contributed by atoms with van der Waals surface area (Å²) < 4.78 is 11.6. The summed E-state index contributed by atoms with van der Waals surface area (Å²) in [6.07, 6.45) is 9.83. The number of ether oxygens (including phenoxy) is 2. The van der Waals surface area contributed by atoms with Crippen LogP contribution < -0.4 is 59.3 Å². The number of fused-ring (bicyclic) bond motifs is 2. The minimum absolute atomic E-state index is 0.0104. The Kier molecular flexibility index (Phi) is 32.3. The maximum absolute atomic E-state index is 13.2. The number of nitrogens with zero attached hydrogens (tertiary/aromatic N) is 12. The van der Waals surface area contributed by atoms with Crippen molar-refractivity contribution in [2.45, 2.75) is 134 Å². The highest BCUT2D eigenvalue weighted by Crippen LogP contribution is 2.27. The number of aliphatic carboxylic acids is 2. The molecule has 1 unspecified atom stereocenters. The summed E-state index contributed by atoms with van der Waals surface area (Å²) in [5.74, 6) is -4.00. The third-order valence-corrected chi connectivity index (χ3v) is 18.0. The Balaban J connectivity index is 0.781. The highest BCUT2D eigenvalue weighted by atomic mass is 32.2. The fourth-order valence-electron chi connectivity index (χ4n) is 11.0. The molecule has 1 fully saturated rings. The van der Waals surface area contributed by atoms with Gasteiger partial charge in [0.1, 0.15) is 12.1 Å². The van der Waals surface area contributed by atoms with Gasteiger partial charge in [0, 0.05) is 95.0 Å². The van der Waals surface area contributed by atoms with Gasteiger partial charge in [-0.05, 0) is 119 Å². The number of carbonyl (C=O) groups excluding carboxylic acids is 7. The molecule has 0 aliphatic carbocycles. The van der Waals surface area contributed by atoms with Crippen molar-refractivity contribution in [3.8, 4) is 0 Å². The van der Waals surface area contributed by atoms with Gasteiger partial charge in [0.05, 0.1) is 68.5 Å². The number of nitrogen functional groups attached to an aromatic ring is 4. The molecule has 1 aliphatic heterocycles. The molecule has 6 aromatic rings. The molecule has 103 heavy (non-hydrogen) atoms. The van der Waals surface area contributed by atoms with Gasteiger partial charge < -0.3 is 83.9 Å². The molecule has 15 N–H and O–H groups in total. The zero-order chi connectivity index (χ0) is 74.2. The van der Waals surface area contributed by atoms with E-state index in [0.717, 1.165) is 68.7 Å². The van der Waals surface area contributed by atoms with Crippen molar-refractivity contribution in [3.05, 3.63) is 83.4 Å². The number of aromatic nitrogens is 8. The number of carboxylic acids is 2. The highest BCUT2D eigenvalue weighted by molar-refractivity contribution is 8.00. The monoisotopic (exact) mass is 1450 g/mol. The summed E-state index contributed by atoms with van der Waals surface area (Å²) in [7, 11) is 3.64. The van der Waals surface area contributed by atoms with Gasteiger partial charge >= 0.3 is 11.9 Å². The summed E-state index contributed by atoms with van der Waals surface area (Å²) in [6, 6.07) is 10.5. The van der Waals surface area contributed by atoms with Gasteiger partial charge in [-0.25, -0.2) is 29.5 Å². The summed E-state index contributed by atoms with van der Waals surface area (Å²) in [5, 5.41) is 33.1. The van der Waals surface area contributed by atoms with Crippen molar-refractivity contribution in [2.75, 3.05) is 125 Å². The van der Waals surface area contributed by atoms with Crippen LogP contribution in [0.1, 0.15) is 135 Å². The zero-order valence-corrected chi connectivity index (χ0v) is 59.3. The zero-order valence-electron chi connectivity index (χ0n) is 58.5. The number of carboxylic acid groups (broad SMARTS) is 2. The summed E-state index contributed by atoms with van der Waals surface area (Å²) in [5.41, 5.74) is 27.6. The van der Waals surface area contributed by atoms with Crippen LogP contribution in [0.25, 0.3) is 22.3 Å². The van der Waals surface area contributed by atoms with Crippen LogP contribution in [0.5, 0.6) is 0 Å². The van der Waals surface area contributed by atoms with Gasteiger partial charge in [-0.3, -0.25) is 38.5 Å². The van der Waals surface area contributed by atoms with E-state index in [2.05, 4.69) is 78.3 Å². The van der Waals surface area contributed by atoms with Gasteiger partial charge in [-0.2, -0.15) is 19.9 Å². The molecule has 4 aromatic heterocycles. The lowest BCUT2D eigenvalue weighted by atomic mass is 10.1. The largest absolute Gasteiger partial charge is 0.480 e. The normalized spacial score (nSPS) is 13.4. The van der Waals surface area contributed by atoms with E-state index in [9.17, 15) is 53.4 Å². The van der Waals surface area contributed by atoms with Gasteiger partial charge in [-0.15, -0.1) is 11.8 Å². The first-order valence-corrected chi connectivity index (χ1v) is 35.5. The van der Waals surface area contributed by atoms with Crippen molar-refractivity contribution in [2.24, 2.45) is 0 Å². The van der Waals surface area contributed by atoms with Crippen molar-refractivity contribution < 1.29 is 62.8 Å². The van der Waals surface area contributed by atoms with Crippen LogP contribution in [0.4, 0.5) is 34.9 Å². The molecular weight excluding hydrogens is 1350 g/mol. The number of anilines is 6. The number of carbonyl (C=O) groups is 9. The average Bonchev–Trinajstić information content (AvgIpc) is 1.48. The third kappa shape index (κ3) is 26.6. The molecule has 7 rings (SSSR count). The van der Waals surface area contributed by atoms with Crippen LogP contribution in [0.15, 0.2) is 60.9 Å². The molecule has 34 nitrogen and oxygen atoms in total. The lowest BCUT2D eigenvalue weighted by Gasteiger charge is -2.22. The smallest absolute Gasteiger partial charge is 0.326 e. The number of nitrogens with one attached hydrogen (secondary N) is 5. The van der Waals surface area contributed by atoms with Crippen molar-refractivity contribution >= 4 is 122 Å². The molecule has 5 heterocycles. The first-order chi connectivity index (χ1) is 49.5. The topological polar surface area (TPSA) is 493 Å². The maximum Gasteiger partial charge on any atom is 0.326 e. The summed E-state index contributed by atoms with van der Waals surface area (Å²) >= 11 is 1.52. The Morgan fingerprint density at radius 3 is 1.51 bits per heavy atom. The number of nitrogens with two attached hydrogens (primary N) is 4. The van der Waals surface area contributed by atoms with Crippen LogP contribution in [-0.4, -0.2) is 223 Å². The minimum atomic E-state index is -1.31. The molecule has 0 radical (unpaired) electrons. The maximum atomic E-state index is 13.2. The predicted molar refractivity (Wildman–Crippen MR) is 388 cm³/mol. The van der Waals surface area contributed by atoms with Crippen molar-refractivity contribution in [3.63, 3.8) is 0 Å². The number of thioether (sulfide) groups is 1. The number of likely N-dealkylation sites (tertiary alicyclic amines) is 1. The number of amides is 7. The molecular formula is C68H95N21O13S. The summed E-state index contributed by atoms with van der Waals surface area (Å²) in [6.45, 7) is 7.36. The fourth-order valence-corrected chi connectivity index (χ4v) is 12.2. The van der Waals surface area contributed by atoms with E-state index < -0.39 is 35.8 Å². The van der Waals surface area contributed by atoms with E-state index in [1.807, 2.05) is 23.9 Å². The molecule has 7 amide bonds. The number of rotatable bonds is 47. The van der Waals surface area contributed by atoms with Crippen LogP contribution in [0, 0.1) is 0 Å². The van der Waals surface area contributed by atoms with E-state index in [4.69, 9.17) is 32.4 Å². The van der Waals surface area contributed by atoms with E-state index in [1.54, 1.807) is 60.9 Å². The Morgan fingerprint density at radius 2 is 1.04 bits per heavy atom. The summed E-state index contributed by atoms with van der Waals surface area (Å²) in [4.78, 5) is 155. The van der Waals surface area contributed by atoms with E-state index in [0.29, 0.717) is 101 Å². The van der Waals surface area contributed by atoms with Crippen LogP contribution in [0.2, 0.25) is 0 Å². The lowest BCUT2D eigenvalue weighted by molar-refractivity contribution is -0.140. The molecule has 1 aliphatic rings. The fraction of sp³-hybridized carbons (Fsp3) is 0.515. The van der Waals surface area contributed by atoms with Gasteiger partial charge in [-0.1, -0.05) is 26.2 Å². The first-order valence-electron chi connectivity index (χ1n) is 34.5. The molecule has 35 heteroatoms. The van der Waals surface area contributed by atoms with Crippen molar-refractivity contribution in [1.29, 1.82) is 0 Å². The van der Waals surface area contributed by atoms with Crippen LogP contribution in [-0.2, 0) is 56.1 Å². The van der Waals surface area contributed by atoms with Gasteiger partial charge in [0.2, 0.25) is 41.4 Å². The number of hydrogen-bond donors (Lipinski definition) is 11. The molecule has 0 bridgehead atoms. The van der Waals surface area contributed by atoms with Gasteiger partial charge in [0.15, 0.2) is 34.0 Å². The number of unbranched alkanes of at least 4 members (excludes halogenated alkanes) is 5. The van der Waals surface area contributed by atoms with Crippen LogP contribution >= 0.6 is 11.8 Å². The predicted octanol–water partition coefficient (Wildman–Crippen LogP) is 2.85. The number of hydrogen-bond acceptors (Lipinski definition) is 27. The second kappa shape index (κ2) is 41.6. The van der Waals surface area contributed by atoms with E-state index >= 15 is 0 Å². The SMILES string of the molecule is CCCCSC1CC(=O)N(CCCC(=O)NCCOCCOCCN(CCCCCNC(=O)CC[C@H](NC(=O)c2ccc(N(C)Cc3cnc4nc(N)nc(N)c4n3)cc2)C(=O)O)CCCCCNC(=O)CC[C@H](NC(=O)c2ccc(N(C)Cc3cnc4nc(N)nc(N)c4n3)cc2)C(=O)O)C1=O. The molecule has 0 spiro atoms. The minimum Gasteiger partial charge on any atom is -0.480 e. The molecule has 3 atom stereocenters. The second-order valence-corrected chi connectivity index (χ2v) is 26.1. The Morgan fingerprint density at radius 1 is 0.573 bits per heavy atom. The molecule has 0 saturated carbocycles. The lowest BCUT2D eigenvalue weighted by Crippen LogP contribution is -2.41. The quantitative estimate of drug-likeness (QED) is 0.0193. The van der Waals surface area contributed by atoms with Crippen LogP contribution in [0.3, 0.4) is 0 Å². The van der Waals surface area contributed by atoms with E-state index in [-0.39, 0.29) is 132 Å². The first kappa shape index (κ1) is 80.1. The third-order valence-electron chi connectivity index (χ3n) is 16.7. The standard InChI is InChI=1S/C68H95N21O13S/c1-4-5-37-103-51-38-55(93)89(64(51)96)31-12-13-52(90)75-28-33-101-35-36-102-34-32-88(29-10-6-8-26-73-53(91)24-22-49(65(97)98)80-62(94)43-14-18-47(19-15-43)86(2)41-45-39-76-60-56(78-45)58(69)82-67(71)84-60)30-11-7-9-27-74-54(92)25-23-50(66(99)100)81-63(95)44-16-20-48(21-17-44)87(3)42-46-40-77-61-57(79-46)59(70)83-68(72)85-61/h14-21,39-40,49-51H,4-13,22-38,41-42H2,1-3H3,(H,73,91)(H,74,92)(H,75,90)(H,80,94)(H,81,95)(H,97,98)(H,99,100)(H4,69,71,76,82,84)(H4,70,72,77,83,85)/t49-,50-,51?/m0/s1. The number of benzene rings is 2. The molecule has 1 saturated heterocycles. The van der Waals surface area contributed by atoms with E-state index in [1.165, 1.54) is 16.7 Å². The Hall–Kier alpha value is -10.3. The molecule has 556 valence electrons. The second-order valence-electron chi connectivity index (χ2n) is 24.8. The average molecular weight is 1450 g/mol. The Labute approximate surface area is 600 Å². The number of imide groups is 1. The highest BCUT2D eigenvalue weighted by Gasteiger charge is 2.38. The molecule has 2 aromatic carbocycles.